The molecule has 1 heterocycles. The van der Waals surface area contributed by atoms with Crippen molar-refractivity contribution in [1.82, 2.24) is 0 Å². The average molecular weight is 413 g/mol. The topological polar surface area (TPSA) is 66.8 Å². The summed E-state index contributed by atoms with van der Waals surface area (Å²) >= 11 is 0. The number of ether oxygens (including phenoxy) is 1. The highest BCUT2D eigenvalue weighted by molar-refractivity contribution is 6.51. The minimum atomic E-state index is -4.72. The van der Waals surface area contributed by atoms with E-state index in [1.807, 2.05) is 0 Å². The van der Waals surface area contributed by atoms with Crippen LogP contribution in [0.2, 0.25) is 0 Å². The Hall–Kier alpha value is -3.43. The van der Waals surface area contributed by atoms with Gasteiger partial charge in [0.1, 0.15) is 23.1 Å². The predicted octanol–water partition coefficient (Wildman–Crippen LogP) is 3.79. The third-order valence-electron chi connectivity index (χ3n) is 4.04. The number of alkyl halides is 3. The molecule has 0 saturated carbocycles. The summed E-state index contributed by atoms with van der Waals surface area (Å²) in [5.41, 5.74) is -0.615. The Kier molecular flexibility index (Phi) is 5.27. The normalized spacial score (nSPS) is 16.4. The van der Waals surface area contributed by atoms with Gasteiger partial charge in [-0.15, -0.1) is 0 Å². The molecular formula is C19H12F5NO4. The predicted molar refractivity (Wildman–Crippen MR) is 91.3 cm³/mol. The molecule has 2 aromatic carbocycles. The number of aliphatic hydroxyl groups is 1. The van der Waals surface area contributed by atoms with Crippen LogP contribution in [0, 0.1) is 11.6 Å². The first-order chi connectivity index (χ1) is 13.6. The van der Waals surface area contributed by atoms with E-state index in [-0.39, 0.29) is 11.3 Å². The van der Waals surface area contributed by atoms with E-state index in [1.54, 1.807) is 0 Å². The second-order valence-electron chi connectivity index (χ2n) is 6.07. The fourth-order valence-corrected chi connectivity index (χ4v) is 2.70. The van der Waals surface area contributed by atoms with Crippen LogP contribution in [0.5, 0.6) is 5.75 Å². The first kappa shape index (κ1) is 20.3. The van der Waals surface area contributed by atoms with Gasteiger partial charge in [-0.05, 0) is 36.4 Å². The molecule has 1 saturated heterocycles. The van der Waals surface area contributed by atoms with Crippen molar-refractivity contribution in [3.63, 3.8) is 0 Å². The second-order valence-corrected chi connectivity index (χ2v) is 6.07. The standard InChI is InChI=1S/C19H12F5NO4/c20-10-1-4-12(5-2-10)25-8-14(17(27)18(25)28)16(26)13-6-3-11(21)7-15(13)29-9-19(22,23)24/h1-7,26H,8-9H2. The summed E-state index contributed by atoms with van der Waals surface area (Å²) in [6, 6.07) is 7.03. The number of rotatable bonds is 4. The smallest absolute Gasteiger partial charge is 0.422 e. The summed E-state index contributed by atoms with van der Waals surface area (Å²) in [7, 11) is 0. The lowest BCUT2D eigenvalue weighted by Crippen LogP contribution is -2.26. The lowest BCUT2D eigenvalue weighted by Gasteiger charge is -2.15. The third-order valence-corrected chi connectivity index (χ3v) is 4.04. The molecule has 1 aliphatic rings. The minimum Gasteiger partial charge on any atom is -0.507 e. The van der Waals surface area contributed by atoms with Crippen LogP contribution in [0.1, 0.15) is 5.56 Å². The summed E-state index contributed by atoms with van der Waals surface area (Å²) < 4.78 is 68.3. The number of hydrogen-bond acceptors (Lipinski definition) is 4. The van der Waals surface area contributed by atoms with Crippen molar-refractivity contribution in [3.05, 3.63) is 65.2 Å². The van der Waals surface area contributed by atoms with Crippen molar-refractivity contribution >= 4 is 23.1 Å². The third kappa shape index (κ3) is 4.36. The number of anilines is 1. The van der Waals surface area contributed by atoms with E-state index in [1.165, 1.54) is 12.1 Å². The molecule has 0 radical (unpaired) electrons. The quantitative estimate of drug-likeness (QED) is 0.359. The maximum Gasteiger partial charge on any atom is 0.422 e. The van der Waals surface area contributed by atoms with Crippen LogP contribution in [0.4, 0.5) is 27.6 Å². The van der Waals surface area contributed by atoms with Crippen molar-refractivity contribution in [2.45, 2.75) is 6.18 Å². The molecule has 0 bridgehead atoms. The zero-order chi connectivity index (χ0) is 21.3. The molecular weight excluding hydrogens is 401 g/mol. The number of nitrogens with zero attached hydrogens (tertiary/aromatic N) is 1. The molecule has 29 heavy (non-hydrogen) atoms. The number of ketones is 1. The summed E-state index contributed by atoms with van der Waals surface area (Å²) in [5.74, 6) is -5.07. The van der Waals surface area contributed by atoms with Gasteiger partial charge in [0.25, 0.3) is 11.7 Å². The molecule has 10 heteroatoms. The first-order valence-electron chi connectivity index (χ1n) is 8.10. The van der Waals surface area contributed by atoms with E-state index in [9.17, 15) is 36.6 Å². The first-order valence-corrected chi connectivity index (χ1v) is 8.10. The lowest BCUT2D eigenvalue weighted by atomic mass is 10.1. The number of aliphatic hydroxyl groups excluding tert-OH is 1. The van der Waals surface area contributed by atoms with Crippen LogP contribution in [0.15, 0.2) is 48.0 Å². The number of amides is 1. The summed E-state index contributed by atoms with van der Waals surface area (Å²) in [5, 5.41) is 10.5. The van der Waals surface area contributed by atoms with Crippen LogP contribution in [0.3, 0.4) is 0 Å². The van der Waals surface area contributed by atoms with Crippen LogP contribution in [-0.2, 0) is 9.59 Å². The fraction of sp³-hybridized carbons (Fsp3) is 0.158. The van der Waals surface area contributed by atoms with E-state index >= 15 is 0 Å². The molecule has 5 nitrogen and oxygen atoms in total. The second kappa shape index (κ2) is 7.53. The molecule has 152 valence electrons. The SMILES string of the molecule is O=C1C(=O)N(c2ccc(F)cc2)CC1=C(O)c1ccc(F)cc1OCC(F)(F)F. The molecule has 3 rings (SSSR count). The number of carbonyl (C=O) groups is 2. The van der Waals surface area contributed by atoms with Crippen molar-refractivity contribution in [1.29, 1.82) is 0 Å². The molecule has 1 N–H and O–H groups in total. The zero-order valence-corrected chi connectivity index (χ0v) is 14.5. The molecule has 0 aliphatic carbocycles. The monoisotopic (exact) mass is 413 g/mol. The van der Waals surface area contributed by atoms with Gasteiger partial charge in [-0.1, -0.05) is 0 Å². The van der Waals surface area contributed by atoms with Crippen LogP contribution in [-0.4, -0.2) is 36.1 Å². The van der Waals surface area contributed by atoms with Gasteiger partial charge in [-0.2, -0.15) is 13.2 Å². The Balaban J connectivity index is 1.98. The highest BCUT2D eigenvalue weighted by atomic mass is 19.4. The van der Waals surface area contributed by atoms with E-state index in [4.69, 9.17) is 0 Å². The number of halogens is 5. The number of Topliss-reactive ketones (excluding diaryl/α,β-unsaturated/α-hetero) is 1. The summed E-state index contributed by atoms with van der Waals surface area (Å²) in [4.78, 5) is 25.5. The molecule has 0 spiro atoms. The Morgan fingerprint density at radius 1 is 1.03 bits per heavy atom. The van der Waals surface area contributed by atoms with Gasteiger partial charge in [-0.3, -0.25) is 9.59 Å². The molecule has 1 fully saturated rings. The minimum absolute atomic E-state index is 0.181. The molecule has 1 aliphatic heterocycles. The Morgan fingerprint density at radius 2 is 1.66 bits per heavy atom. The molecule has 1 amide bonds. The highest BCUT2D eigenvalue weighted by Crippen LogP contribution is 2.32. The largest absolute Gasteiger partial charge is 0.507 e. The molecule has 2 aromatic rings. The van der Waals surface area contributed by atoms with E-state index < -0.39 is 59.7 Å². The van der Waals surface area contributed by atoms with Crippen molar-refractivity contribution in [2.75, 3.05) is 18.1 Å². The Morgan fingerprint density at radius 3 is 2.28 bits per heavy atom. The average Bonchev–Trinajstić information content (AvgIpc) is 2.95. The van der Waals surface area contributed by atoms with Crippen molar-refractivity contribution in [2.24, 2.45) is 0 Å². The maximum absolute atomic E-state index is 13.4. The van der Waals surface area contributed by atoms with Gasteiger partial charge in [0.15, 0.2) is 6.61 Å². The summed E-state index contributed by atoms with van der Waals surface area (Å²) in [6.45, 7) is -2.16. The number of benzene rings is 2. The molecule has 0 atom stereocenters. The van der Waals surface area contributed by atoms with Gasteiger partial charge in [0.2, 0.25) is 0 Å². The van der Waals surface area contributed by atoms with Gasteiger partial charge in [0, 0.05) is 11.8 Å². The van der Waals surface area contributed by atoms with Gasteiger partial charge in [0.05, 0.1) is 17.7 Å². The van der Waals surface area contributed by atoms with Crippen LogP contribution < -0.4 is 9.64 Å². The van der Waals surface area contributed by atoms with Gasteiger partial charge in [-0.25, -0.2) is 8.78 Å². The van der Waals surface area contributed by atoms with Gasteiger partial charge >= 0.3 is 6.18 Å². The van der Waals surface area contributed by atoms with Crippen molar-refractivity contribution < 1.29 is 41.4 Å². The fourth-order valence-electron chi connectivity index (χ4n) is 2.70. The molecule has 0 unspecified atom stereocenters. The Bertz CT molecular complexity index is 999. The summed E-state index contributed by atoms with van der Waals surface area (Å²) in [6.07, 6.45) is -4.72. The molecule has 0 aromatic heterocycles. The Labute approximate surface area is 160 Å². The number of carbonyl (C=O) groups excluding carboxylic acids is 2. The van der Waals surface area contributed by atoms with Crippen molar-refractivity contribution in [3.8, 4) is 5.75 Å². The van der Waals surface area contributed by atoms with Crippen LogP contribution >= 0.6 is 0 Å². The lowest BCUT2D eigenvalue weighted by molar-refractivity contribution is -0.153. The van der Waals surface area contributed by atoms with Crippen LogP contribution in [0.25, 0.3) is 5.76 Å². The number of hydrogen-bond donors (Lipinski definition) is 1. The highest BCUT2D eigenvalue weighted by Gasteiger charge is 2.38. The maximum atomic E-state index is 13.4. The van der Waals surface area contributed by atoms with E-state index in [0.29, 0.717) is 6.07 Å². The van der Waals surface area contributed by atoms with E-state index in [0.717, 1.165) is 29.2 Å². The van der Waals surface area contributed by atoms with E-state index in [2.05, 4.69) is 4.74 Å². The van der Waals surface area contributed by atoms with Gasteiger partial charge < -0.3 is 14.7 Å². The zero-order valence-electron chi connectivity index (χ0n) is 14.5.